The highest BCUT2D eigenvalue weighted by atomic mass is 35.7. The summed E-state index contributed by atoms with van der Waals surface area (Å²) in [6.45, 7) is 0.569. The molecule has 7 heteroatoms. The van der Waals surface area contributed by atoms with Crippen molar-refractivity contribution in [1.29, 1.82) is 0 Å². The minimum atomic E-state index is -3.80. The lowest BCUT2D eigenvalue weighted by Crippen LogP contribution is -2.01. The van der Waals surface area contributed by atoms with E-state index in [9.17, 15) is 8.42 Å². The van der Waals surface area contributed by atoms with Crippen LogP contribution in [-0.2, 0) is 9.05 Å². The van der Waals surface area contributed by atoms with Gasteiger partial charge in [-0.2, -0.15) is 11.8 Å². The van der Waals surface area contributed by atoms with Crippen LogP contribution >= 0.6 is 22.4 Å². The predicted molar refractivity (Wildman–Crippen MR) is 83.3 cm³/mol. The molecule has 0 amide bonds. The van der Waals surface area contributed by atoms with Gasteiger partial charge in [-0.15, -0.1) is 0 Å². The van der Waals surface area contributed by atoms with Gasteiger partial charge < -0.3 is 4.74 Å². The van der Waals surface area contributed by atoms with E-state index < -0.39 is 9.05 Å². The van der Waals surface area contributed by atoms with Crippen molar-refractivity contribution >= 4 is 42.4 Å². The number of ether oxygens (including phenoxy) is 1. The SMILES string of the molecule is CSCCCOc1ccc(S(=O)(=O)Cl)c2cccnc12. The van der Waals surface area contributed by atoms with Crippen molar-refractivity contribution in [1.82, 2.24) is 4.98 Å². The highest BCUT2D eigenvalue weighted by molar-refractivity contribution is 8.14. The summed E-state index contributed by atoms with van der Waals surface area (Å²) >= 11 is 1.75. The molecular formula is C13H14ClNO3S2. The van der Waals surface area contributed by atoms with Crippen LogP contribution in [0.3, 0.4) is 0 Å². The summed E-state index contributed by atoms with van der Waals surface area (Å²) in [5.74, 6) is 1.59. The number of hydrogen-bond donors (Lipinski definition) is 0. The van der Waals surface area contributed by atoms with Crippen molar-refractivity contribution in [2.24, 2.45) is 0 Å². The molecule has 0 radical (unpaired) electrons. The summed E-state index contributed by atoms with van der Waals surface area (Å²) in [6.07, 6.45) is 4.56. The largest absolute Gasteiger partial charge is 0.491 e. The average Bonchev–Trinajstić information content (AvgIpc) is 2.42. The number of thioether (sulfide) groups is 1. The van der Waals surface area contributed by atoms with E-state index in [1.807, 2.05) is 6.26 Å². The molecule has 0 aliphatic carbocycles. The first-order valence-electron chi connectivity index (χ1n) is 5.98. The van der Waals surface area contributed by atoms with E-state index in [2.05, 4.69) is 4.98 Å². The Morgan fingerprint density at radius 3 is 2.85 bits per heavy atom. The van der Waals surface area contributed by atoms with Crippen LogP contribution in [0.2, 0.25) is 0 Å². The zero-order valence-electron chi connectivity index (χ0n) is 10.9. The van der Waals surface area contributed by atoms with Crippen molar-refractivity contribution in [3.8, 4) is 5.75 Å². The fourth-order valence-electron chi connectivity index (χ4n) is 1.84. The summed E-state index contributed by atoms with van der Waals surface area (Å²) in [4.78, 5) is 4.26. The van der Waals surface area contributed by atoms with Crippen LogP contribution in [-0.4, -0.2) is 32.0 Å². The highest BCUT2D eigenvalue weighted by Crippen LogP contribution is 2.31. The molecule has 0 atom stereocenters. The second-order valence-corrected chi connectivity index (χ2v) is 7.61. The van der Waals surface area contributed by atoms with Gasteiger partial charge in [0.05, 0.1) is 11.5 Å². The summed E-state index contributed by atoms with van der Waals surface area (Å²) in [6, 6.07) is 6.40. The normalized spacial score (nSPS) is 11.7. The lowest BCUT2D eigenvalue weighted by Gasteiger charge is -2.10. The smallest absolute Gasteiger partial charge is 0.261 e. The molecule has 0 aliphatic heterocycles. The Hall–Kier alpha value is -0.980. The number of fused-ring (bicyclic) bond motifs is 1. The number of pyridine rings is 1. The molecule has 1 heterocycles. The summed E-state index contributed by atoms with van der Waals surface area (Å²) in [5, 5.41) is 0.477. The maximum absolute atomic E-state index is 11.6. The Balaban J connectivity index is 2.39. The number of rotatable bonds is 6. The van der Waals surface area contributed by atoms with Crippen molar-refractivity contribution < 1.29 is 13.2 Å². The fourth-order valence-corrected chi connectivity index (χ4v) is 3.30. The molecule has 0 bridgehead atoms. The maximum atomic E-state index is 11.6. The zero-order valence-corrected chi connectivity index (χ0v) is 13.3. The summed E-state index contributed by atoms with van der Waals surface area (Å²) in [5.41, 5.74) is 0.512. The Labute approximate surface area is 126 Å². The third-order valence-corrected chi connectivity index (χ3v) is 4.78. The molecule has 1 aromatic heterocycles. The van der Waals surface area contributed by atoms with Crippen LogP contribution in [0.4, 0.5) is 0 Å². The number of aromatic nitrogens is 1. The zero-order chi connectivity index (χ0) is 14.6. The van der Waals surface area contributed by atoms with Gasteiger partial charge in [0.1, 0.15) is 11.3 Å². The standard InChI is InChI=1S/C13H14ClNO3S2/c1-19-9-3-8-18-11-5-6-12(20(14,16)17)10-4-2-7-15-13(10)11/h2,4-7H,3,8-9H2,1H3. The molecule has 0 saturated heterocycles. The Bertz CT molecular complexity index is 704. The van der Waals surface area contributed by atoms with E-state index in [0.29, 0.717) is 23.3 Å². The first-order valence-corrected chi connectivity index (χ1v) is 9.68. The molecule has 1 aromatic carbocycles. The van der Waals surface area contributed by atoms with Gasteiger partial charge in [-0.25, -0.2) is 8.42 Å². The first kappa shape index (κ1) is 15.4. The van der Waals surface area contributed by atoms with Gasteiger partial charge in [0.2, 0.25) is 0 Å². The van der Waals surface area contributed by atoms with Crippen LogP contribution < -0.4 is 4.74 Å². The van der Waals surface area contributed by atoms with Crippen molar-refractivity contribution in [2.45, 2.75) is 11.3 Å². The van der Waals surface area contributed by atoms with Gasteiger partial charge in [0, 0.05) is 22.3 Å². The lowest BCUT2D eigenvalue weighted by molar-refractivity contribution is 0.322. The van der Waals surface area contributed by atoms with E-state index >= 15 is 0 Å². The van der Waals surface area contributed by atoms with Gasteiger partial charge in [-0.1, -0.05) is 0 Å². The highest BCUT2D eigenvalue weighted by Gasteiger charge is 2.17. The molecule has 0 spiro atoms. The van der Waals surface area contributed by atoms with Crippen molar-refractivity contribution in [3.05, 3.63) is 30.5 Å². The first-order chi connectivity index (χ1) is 9.54. The Kier molecular flexibility index (Phi) is 5.12. The topological polar surface area (TPSA) is 56.3 Å². The fraction of sp³-hybridized carbons (Fsp3) is 0.308. The minimum Gasteiger partial charge on any atom is -0.491 e. The van der Waals surface area contributed by atoms with E-state index in [1.54, 1.807) is 36.2 Å². The third kappa shape index (κ3) is 3.56. The molecule has 108 valence electrons. The Morgan fingerprint density at radius 1 is 1.35 bits per heavy atom. The van der Waals surface area contributed by atoms with E-state index in [4.69, 9.17) is 15.4 Å². The molecule has 0 unspecified atom stereocenters. The van der Waals surface area contributed by atoms with Crippen molar-refractivity contribution in [3.63, 3.8) is 0 Å². The van der Waals surface area contributed by atoms with E-state index in [1.165, 1.54) is 6.07 Å². The quantitative estimate of drug-likeness (QED) is 0.600. The molecule has 0 aliphatic rings. The lowest BCUT2D eigenvalue weighted by atomic mass is 10.2. The number of hydrogen-bond acceptors (Lipinski definition) is 5. The molecule has 20 heavy (non-hydrogen) atoms. The molecule has 2 aromatic rings. The average molecular weight is 332 g/mol. The van der Waals surface area contributed by atoms with Crippen LogP contribution in [0, 0.1) is 0 Å². The molecule has 4 nitrogen and oxygen atoms in total. The van der Waals surface area contributed by atoms with E-state index in [-0.39, 0.29) is 4.90 Å². The predicted octanol–water partition coefficient (Wildman–Crippen LogP) is 3.29. The summed E-state index contributed by atoms with van der Waals surface area (Å²) in [7, 11) is 1.63. The van der Waals surface area contributed by atoms with Crippen LogP contribution in [0.25, 0.3) is 10.9 Å². The monoisotopic (exact) mass is 331 g/mol. The number of halogens is 1. The molecule has 0 saturated carbocycles. The van der Waals surface area contributed by atoms with Crippen LogP contribution in [0.1, 0.15) is 6.42 Å². The van der Waals surface area contributed by atoms with Gasteiger partial charge in [-0.05, 0) is 42.7 Å². The second kappa shape index (κ2) is 6.65. The minimum absolute atomic E-state index is 0.0544. The van der Waals surface area contributed by atoms with Crippen molar-refractivity contribution in [2.75, 3.05) is 18.6 Å². The maximum Gasteiger partial charge on any atom is 0.261 e. The van der Waals surface area contributed by atoms with Gasteiger partial charge in [0.15, 0.2) is 0 Å². The van der Waals surface area contributed by atoms with Gasteiger partial charge in [-0.3, -0.25) is 4.98 Å². The molecule has 2 rings (SSSR count). The molecule has 0 N–H and O–H groups in total. The van der Waals surface area contributed by atoms with Crippen LogP contribution in [0.5, 0.6) is 5.75 Å². The number of benzene rings is 1. The Morgan fingerprint density at radius 2 is 2.15 bits per heavy atom. The third-order valence-electron chi connectivity index (χ3n) is 2.71. The van der Waals surface area contributed by atoms with Crippen LogP contribution in [0.15, 0.2) is 35.4 Å². The molecule has 0 fully saturated rings. The molecular weight excluding hydrogens is 318 g/mol. The van der Waals surface area contributed by atoms with E-state index in [0.717, 1.165) is 12.2 Å². The second-order valence-electron chi connectivity index (χ2n) is 4.09. The van der Waals surface area contributed by atoms with Gasteiger partial charge >= 0.3 is 0 Å². The number of nitrogens with zero attached hydrogens (tertiary/aromatic N) is 1. The summed E-state index contributed by atoms with van der Waals surface area (Å²) < 4.78 is 28.8. The van der Waals surface area contributed by atoms with Gasteiger partial charge in [0.25, 0.3) is 9.05 Å².